The summed E-state index contributed by atoms with van der Waals surface area (Å²) in [4.78, 5) is 36.2. The highest BCUT2D eigenvalue weighted by Crippen LogP contribution is 2.20. The van der Waals surface area contributed by atoms with E-state index in [1.807, 2.05) is 0 Å². The van der Waals surface area contributed by atoms with Crippen LogP contribution in [0.15, 0.2) is 60.8 Å². The smallest absolute Gasteiger partial charge is 0.338 e. The number of carbonyl (C=O) groups is 3. The molecule has 0 aliphatic heterocycles. The lowest BCUT2D eigenvalue weighted by Gasteiger charge is -2.08. The Bertz CT molecular complexity index is 1150. The summed E-state index contributed by atoms with van der Waals surface area (Å²) in [6.07, 6.45) is 5.83. The summed E-state index contributed by atoms with van der Waals surface area (Å²) in [5.41, 5.74) is 2.21. The van der Waals surface area contributed by atoms with E-state index in [1.54, 1.807) is 72.5 Å². The van der Waals surface area contributed by atoms with Crippen LogP contribution in [0, 0.1) is 0 Å². The summed E-state index contributed by atoms with van der Waals surface area (Å²) in [5.74, 6) is -0.0690. The molecule has 7 heteroatoms. The van der Waals surface area contributed by atoms with E-state index < -0.39 is 5.97 Å². The largest absolute Gasteiger partial charge is 0.497 e. The number of allylic oxidation sites excluding steroid dienone is 1. The number of methoxy groups -OCH3 is 2. The second kappa shape index (κ2) is 9.91. The number of ether oxygens (including phenoxy) is 2. The zero-order chi connectivity index (χ0) is 22.4. The van der Waals surface area contributed by atoms with Gasteiger partial charge in [-0.2, -0.15) is 0 Å². The van der Waals surface area contributed by atoms with Crippen molar-refractivity contribution >= 4 is 35.7 Å². The van der Waals surface area contributed by atoms with Crippen molar-refractivity contribution in [2.24, 2.45) is 0 Å². The average Bonchev–Trinajstić information content (AvgIpc) is 3.22. The van der Waals surface area contributed by atoms with Gasteiger partial charge in [0.25, 0.3) is 0 Å². The molecule has 0 aliphatic rings. The van der Waals surface area contributed by atoms with Gasteiger partial charge in [0, 0.05) is 28.9 Å². The highest BCUT2D eigenvalue weighted by atomic mass is 35.5. The molecule has 0 saturated carbocycles. The lowest BCUT2D eigenvalue weighted by Crippen LogP contribution is -2.09. The molecular formula is C24H20ClNO5. The van der Waals surface area contributed by atoms with E-state index in [-0.39, 0.29) is 5.78 Å². The molecule has 1 aromatic heterocycles. The van der Waals surface area contributed by atoms with Crippen molar-refractivity contribution in [3.05, 3.63) is 93.8 Å². The summed E-state index contributed by atoms with van der Waals surface area (Å²) >= 11 is 5.99. The van der Waals surface area contributed by atoms with Crippen LogP contribution < -0.4 is 4.74 Å². The number of ketones is 1. The van der Waals surface area contributed by atoms with E-state index in [0.29, 0.717) is 51.6 Å². The van der Waals surface area contributed by atoms with Gasteiger partial charge >= 0.3 is 5.97 Å². The van der Waals surface area contributed by atoms with Crippen LogP contribution in [-0.4, -0.2) is 36.8 Å². The Hall–Kier alpha value is -3.64. The van der Waals surface area contributed by atoms with Crippen LogP contribution in [-0.2, 0) is 11.3 Å². The van der Waals surface area contributed by atoms with Crippen molar-refractivity contribution in [3.8, 4) is 5.75 Å². The normalized spacial score (nSPS) is 10.8. The van der Waals surface area contributed by atoms with Crippen LogP contribution in [0.2, 0.25) is 5.02 Å². The Morgan fingerprint density at radius 2 is 1.81 bits per heavy atom. The highest BCUT2D eigenvalue weighted by molar-refractivity contribution is 6.31. The first kappa shape index (κ1) is 22.1. The van der Waals surface area contributed by atoms with E-state index in [2.05, 4.69) is 0 Å². The van der Waals surface area contributed by atoms with E-state index in [1.165, 1.54) is 13.2 Å². The number of hydrogen-bond acceptors (Lipinski definition) is 5. The maximum Gasteiger partial charge on any atom is 0.338 e. The molecule has 0 aliphatic carbocycles. The predicted molar refractivity (Wildman–Crippen MR) is 118 cm³/mol. The lowest BCUT2D eigenvalue weighted by molar-refractivity contribution is 0.0600. The van der Waals surface area contributed by atoms with Crippen molar-refractivity contribution < 1.29 is 23.9 Å². The second-order valence-corrected chi connectivity index (χ2v) is 7.05. The minimum atomic E-state index is -0.498. The molecule has 0 bridgehead atoms. The fourth-order valence-electron chi connectivity index (χ4n) is 3.08. The topological polar surface area (TPSA) is 74.6 Å². The van der Waals surface area contributed by atoms with Crippen molar-refractivity contribution in [1.29, 1.82) is 0 Å². The third-order valence-electron chi connectivity index (χ3n) is 4.66. The molecule has 0 unspecified atom stereocenters. The number of rotatable bonds is 8. The zero-order valence-electron chi connectivity index (χ0n) is 17.0. The maximum absolute atomic E-state index is 13.0. The Kier molecular flexibility index (Phi) is 7.05. The van der Waals surface area contributed by atoms with Gasteiger partial charge in [-0.05, 0) is 48.0 Å². The van der Waals surface area contributed by atoms with Gasteiger partial charge in [-0.3, -0.25) is 9.59 Å². The molecule has 3 aromatic rings. The zero-order valence-corrected chi connectivity index (χ0v) is 17.8. The van der Waals surface area contributed by atoms with E-state index in [0.717, 1.165) is 0 Å². The number of carbonyl (C=O) groups excluding carboxylic acids is 3. The van der Waals surface area contributed by atoms with Crippen molar-refractivity contribution in [1.82, 2.24) is 4.57 Å². The first-order valence-electron chi connectivity index (χ1n) is 9.35. The summed E-state index contributed by atoms with van der Waals surface area (Å²) in [7, 11) is 2.85. The van der Waals surface area contributed by atoms with Crippen molar-refractivity contribution in [3.63, 3.8) is 0 Å². The summed E-state index contributed by atoms with van der Waals surface area (Å²) < 4.78 is 11.6. The monoisotopic (exact) mass is 437 g/mol. The second-order valence-electron chi connectivity index (χ2n) is 6.61. The third kappa shape index (κ3) is 5.10. The molecule has 0 N–H and O–H groups in total. The van der Waals surface area contributed by atoms with E-state index in [4.69, 9.17) is 21.1 Å². The Labute approximate surface area is 184 Å². The number of hydrogen-bond donors (Lipinski definition) is 0. The van der Waals surface area contributed by atoms with Gasteiger partial charge in [0.2, 0.25) is 5.78 Å². The van der Waals surface area contributed by atoms with E-state index >= 15 is 0 Å². The molecule has 1 heterocycles. The molecule has 0 radical (unpaired) electrons. The molecule has 158 valence electrons. The first-order valence-corrected chi connectivity index (χ1v) is 9.73. The van der Waals surface area contributed by atoms with Crippen LogP contribution in [0.3, 0.4) is 0 Å². The van der Waals surface area contributed by atoms with Crippen LogP contribution in [0.5, 0.6) is 5.75 Å². The Morgan fingerprint density at radius 3 is 2.45 bits per heavy atom. The van der Waals surface area contributed by atoms with Crippen LogP contribution >= 0.6 is 11.6 Å². The van der Waals surface area contributed by atoms with Gasteiger partial charge in [0.1, 0.15) is 5.75 Å². The standard InChI is InChI=1S/C24H20ClNO5/c1-30-20-9-6-18(7-10-20)23(28)22-12-16(15-27)14-26(22)11-3-4-17-5-8-19(25)13-21(17)24(29)31-2/h3-10,12-15H,11H2,1-2H3/b4-3+. The Morgan fingerprint density at radius 1 is 1.06 bits per heavy atom. The summed E-state index contributed by atoms with van der Waals surface area (Å²) in [6, 6.07) is 13.2. The van der Waals surface area contributed by atoms with Crippen LogP contribution in [0.25, 0.3) is 6.08 Å². The maximum atomic E-state index is 13.0. The van der Waals surface area contributed by atoms with E-state index in [9.17, 15) is 14.4 Å². The number of benzene rings is 2. The molecule has 0 fully saturated rings. The molecule has 3 rings (SSSR count). The Balaban J connectivity index is 1.87. The molecule has 31 heavy (non-hydrogen) atoms. The van der Waals surface area contributed by atoms with Gasteiger partial charge in [-0.1, -0.05) is 29.8 Å². The number of halogens is 1. The highest BCUT2D eigenvalue weighted by Gasteiger charge is 2.16. The summed E-state index contributed by atoms with van der Waals surface area (Å²) in [6.45, 7) is 0.314. The minimum absolute atomic E-state index is 0.217. The first-order chi connectivity index (χ1) is 15.0. The molecule has 2 aromatic carbocycles. The van der Waals surface area contributed by atoms with Crippen LogP contribution in [0.4, 0.5) is 0 Å². The molecule has 0 saturated heterocycles. The van der Waals surface area contributed by atoms with Crippen LogP contribution in [0.1, 0.15) is 42.3 Å². The third-order valence-corrected chi connectivity index (χ3v) is 4.89. The quantitative estimate of drug-likeness (QED) is 0.290. The molecule has 0 amide bonds. The number of aromatic nitrogens is 1. The van der Waals surface area contributed by atoms with Gasteiger partial charge in [-0.25, -0.2) is 4.79 Å². The number of esters is 1. The number of aldehydes is 1. The molecular weight excluding hydrogens is 418 g/mol. The molecule has 0 spiro atoms. The van der Waals surface area contributed by atoms with Gasteiger partial charge in [0.05, 0.1) is 25.5 Å². The fourth-order valence-corrected chi connectivity index (χ4v) is 3.26. The fraction of sp³-hybridized carbons (Fsp3) is 0.125. The molecule has 6 nitrogen and oxygen atoms in total. The summed E-state index contributed by atoms with van der Waals surface area (Å²) in [5, 5.41) is 0.422. The van der Waals surface area contributed by atoms with Gasteiger partial charge in [0.15, 0.2) is 6.29 Å². The molecule has 0 atom stereocenters. The predicted octanol–water partition coefficient (Wildman–Crippen LogP) is 4.69. The van der Waals surface area contributed by atoms with Crippen molar-refractivity contribution in [2.75, 3.05) is 14.2 Å². The number of nitrogens with zero attached hydrogens (tertiary/aromatic N) is 1. The lowest BCUT2D eigenvalue weighted by atomic mass is 10.1. The minimum Gasteiger partial charge on any atom is -0.497 e. The van der Waals surface area contributed by atoms with Crippen molar-refractivity contribution in [2.45, 2.75) is 6.54 Å². The SMILES string of the molecule is COC(=O)c1cc(Cl)ccc1/C=C/Cn1cc(C=O)cc1C(=O)c1ccc(OC)cc1. The van der Waals surface area contributed by atoms with Gasteiger partial charge < -0.3 is 14.0 Å². The average molecular weight is 438 g/mol. The van der Waals surface area contributed by atoms with Gasteiger partial charge in [-0.15, -0.1) is 0 Å².